The summed E-state index contributed by atoms with van der Waals surface area (Å²) in [5, 5.41) is 3.97. The smallest absolute Gasteiger partial charge is 0.251 e. The van der Waals surface area contributed by atoms with Gasteiger partial charge in [-0.15, -0.1) is 0 Å². The lowest BCUT2D eigenvalue weighted by Crippen LogP contribution is -2.28. The van der Waals surface area contributed by atoms with Gasteiger partial charge in [0.2, 0.25) is 0 Å². The first-order valence-electron chi connectivity index (χ1n) is 7.63. The van der Waals surface area contributed by atoms with Gasteiger partial charge in [0.1, 0.15) is 0 Å². The van der Waals surface area contributed by atoms with Gasteiger partial charge in [-0.1, -0.05) is 66.9 Å². The minimum absolute atomic E-state index is 0.0428. The molecule has 1 amide bonds. The fourth-order valence-corrected chi connectivity index (χ4v) is 3.46. The molecule has 120 valence electrons. The molecule has 0 bridgehead atoms. The topological polar surface area (TPSA) is 29.1 Å². The molecule has 0 aliphatic heterocycles. The highest BCUT2D eigenvalue weighted by atomic mass is 35.5. The molecular weight excluding hydrogens is 329 g/mol. The molecule has 1 aliphatic rings. The molecule has 1 aliphatic carbocycles. The van der Waals surface area contributed by atoms with E-state index < -0.39 is 0 Å². The number of rotatable bonds is 3. The third-order valence-corrected chi connectivity index (χ3v) is 5.47. The zero-order valence-electron chi connectivity index (χ0n) is 13.4. The fourth-order valence-electron chi connectivity index (χ4n) is 3.16. The van der Waals surface area contributed by atoms with Crippen LogP contribution in [-0.2, 0) is 0 Å². The lowest BCUT2D eigenvalue weighted by atomic mass is 10.0. The monoisotopic (exact) mass is 347 g/mol. The van der Waals surface area contributed by atoms with Crippen LogP contribution in [0.25, 0.3) is 0 Å². The SMILES string of the molecule is Cc1ccc([C@@H]2[C@@H](NC(=O)c3ccc(Cl)c(Cl)c3)C2(C)C)cc1. The summed E-state index contributed by atoms with van der Waals surface area (Å²) in [7, 11) is 0. The van der Waals surface area contributed by atoms with Gasteiger partial charge in [0, 0.05) is 17.5 Å². The molecular formula is C19H19Cl2NO. The summed E-state index contributed by atoms with van der Waals surface area (Å²) >= 11 is 11.9. The minimum Gasteiger partial charge on any atom is -0.348 e. The third-order valence-electron chi connectivity index (χ3n) is 4.73. The van der Waals surface area contributed by atoms with E-state index in [0.29, 0.717) is 21.5 Å². The Morgan fingerprint density at radius 3 is 2.30 bits per heavy atom. The van der Waals surface area contributed by atoms with Crippen LogP contribution in [0.4, 0.5) is 0 Å². The lowest BCUT2D eigenvalue weighted by Gasteiger charge is -2.07. The van der Waals surface area contributed by atoms with Gasteiger partial charge in [-0.2, -0.15) is 0 Å². The second kappa shape index (κ2) is 5.85. The number of hydrogen-bond acceptors (Lipinski definition) is 1. The van der Waals surface area contributed by atoms with Gasteiger partial charge in [-0.25, -0.2) is 0 Å². The molecule has 1 N–H and O–H groups in total. The number of benzene rings is 2. The average molecular weight is 348 g/mol. The third kappa shape index (κ3) is 3.11. The molecule has 0 unspecified atom stereocenters. The van der Waals surface area contributed by atoms with E-state index in [9.17, 15) is 4.79 Å². The molecule has 1 saturated carbocycles. The maximum Gasteiger partial charge on any atom is 0.251 e. The van der Waals surface area contributed by atoms with Crippen molar-refractivity contribution in [2.24, 2.45) is 5.41 Å². The van der Waals surface area contributed by atoms with Gasteiger partial charge in [0.15, 0.2) is 0 Å². The molecule has 1 fully saturated rings. The van der Waals surface area contributed by atoms with E-state index in [1.165, 1.54) is 11.1 Å². The molecule has 4 heteroatoms. The Morgan fingerprint density at radius 1 is 1.04 bits per heavy atom. The predicted molar refractivity (Wildman–Crippen MR) is 95.4 cm³/mol. The van der Waals surface area contributed by atoms with E-state index >= 15 is 0 Å². The van der Waals surface area contributed by atoms with Crippen LogP contribution in [0.3, 0.4) is 0 Å². The lowest BCUT2D eigenvalue weighted by molar-refractivity contribution is 0.0946. The van der Waals surface area contributed by atoms with Crippen LogP contribution < -0.4 is 5.32 Å². The van der Waals surface area contributed by atoms with Crippen LogP contribution in [0.1, 0.15) is 41.3 Å². The number of aryl methyl sites for hydroxylation is 1. The maximum absolute atomic E-state index is 12.5. The minimum atomic E-state index is -0.115. The number of hydrogen-bond donors (Lipinski definition) is 1. The Hall–Kier alpha value is -1.51. The first-order valence-corrected chi connectivity index (χ1v) is 8.39. The second-order valence-corrected chi connectivity index (χ2v) is 7.60. The predicted octanol–water partition coefficient (Wildman–Crippen LogP) is 5.22. The number of amides is 1. The molecule has 0 heterocycles. The molecule has 23 heavy (non-hydrogen) atoms. The van der Waals surface area contributed by atoms with Crippen molar-refractivity contribution in [3.8, 4) is 0 Å². The van der Waals surface area contributed by atoms with Gasteiger partial charge in [-0.05, 0) is 36.1 Å². The Kier molecular flexibility index (Phi) is 4.16. The highest BCUT2D eigenvalue weighted by Gasteiger charge is 2.59. The Bertz CT molecular complexity index is 752. The molecule has 0 saturated heterocycles. The number of carbonyl (C=O) groups excluding carboxylic acids is 1. The normalized spacial score (nSPS) is 21.8. The highest BCUT2D eigenvalue weighted by molar-refractivity contribution is 6.42. The summed E-state index contributed by atoms with van der Waals surface area (Å²) in [6.45, 7) is 6.43. The van der Waals surface area contributed by atoms with Crippen molar-refractivity contribution in [1.29, 1.82) is 0 Å². The van der Waals surface area contributed by atoms with E-state index in [4.69, 9.17) is 23.2 Å². The maximum atomic E-state index is 12.5. The average Bonchev–Trinajstić information content (AvgIpc) is 3.03. The van der Waals surface area contributed by atoms with Gasteiger partial charge < -0.3 is 5.32 Å². The summed E-state index contributed by atoms with van der Waals surface area (Å²) in [5.41, 5.74) is 3.08. The van der Waals surface area contributed by atoms with E-state index in [-0.39, 0.29) is 17.4 Å². The molecule has 3 rings (SSSR count). The van der Waals surface area contributed by atoms with Crippen molar-refractivity contribution in [2.45, 2.75) is 32.7 Å². The van der Waals surface area contributed by atoms with E-state index in [2.05, 4.69) is 50.4 Å². The van der Waals surface area contributed by atoms with Crippen molar-refractivity contribution in [3.63, 3.8) is 0 Å². The molecule has 0 radical (unpaired) electrons. The van der Waals surface area contributed by atoms with Crippen LogP contribution in [-0.4, -0.2) is 11.9 Å². The number of halogens is 2. The number of carbonyl (C=O) groups is 1. The van der Waals surface area contributed by atoms with Crippen LogP contribution in [0.2, 0.25) is 10.0 Å². The van der Waals surface area contributed by atoms with Gasteiger partial charge >= 0.3 is 0 Å². The van der Waals surface area contributed by atoms with Crippen LogP contribution >= 0.6 is 23.2 Å². The Balaban J connectivity index is 1.76. The summed E-state index contributed by atoms with van der Waals surface area (Å²) < 4.78 is 0. The van der Waals surface area contributed by atoms with Gasteiger partial charge in [-0.3, -0.25) is 4.79 Å². The van der Waals surface area contributed by atoms with E-state index in [1.807, 2.05) is 0 Å². The molecule has 0 spiro atoms. The van der Waals surface area contributed by atoms with Crippen LogP contribution in [0.15, 0.2) is 42.5 Å². The zero-order valence-corrected chi connectivity index (χ0v) is 14.9. The standard InChI is InChI=1S/C19H19Cl2NO/c1-11-4-6-12(7-5-11)16-17(19(16,2)3)22-18(23)13-8-9-14(20)15(21)10-13/h4-10,16-17H,1-3H3,(H,22,23)/t16-,17-/m1/s1. The quantitative estimate of drug-likeness (QED) is 0.809. The van der Waals surface area contributed by atoms with Gasteiger partial charge in [0.25, 0.3) is 5.91 Å². The fraction of sp³-hybridized carbons (Fsp3) is 0.316. The molecule has 2 atom stereocenters. The molecule has 2 nitrogen and oxygen atoms in total. The van der Waals surface area contributed by atoms with Crippen molar-refractivity contribution >= 4 is 29.1 Å². The van der Waals surface area contributed by atoms with Crippen molar-refractivity contribution in [3.05, 3.63) is 69.2 Å². The summed E-state index contributed by atoms with van der Waals surface area (Å²) in [5.74, 6) is 0.214. The summed E-state index contributed by atoms with van der Waals surface area (Å²) in [6, 6.07) is 13.6. The molecule has 2 aromatic rings. The first-order chi connectivity index (χ1) is 10.8. The Morgan fingerprint density at radius 2 is 1.70 bits per heavy atom. The van der Waals surface area contributed by atoms with E-state index in [1.54, 1.807) is 18.2 Å². The Labute approximate surface area is 146 Å². The van der Waals surface area contributed by atoms with E-state index in [0.717, 1.165) is 0 Å². The van der Waals surface area contributed by atoms with Crippen LogP contribution in [0.5, 0.6) is 0 Å². The van der Waals surface area contributed by atoms with Crippen molar-refractivity contribution in [2.75, 3.05) is 0 Å². The highest BCUT2D eigenvalue weighted by Crippen LogP contribution is 2.58. The van der Waals surface area contributed by atoms with Gasteiger partial charge in [0.05, 0.1) is 10.0 Å². The molecule has 0 aromatic heterocycles. The summed E-state index contributed by atoms with van der Waals surface area (Å²) in [4.78, 5) is 12.5. The zero-order chi connectivity index (χ0) is 16.8. The largest absolute Gasteiger partial charge is 0.348 e. The molecule has 2 aromatic carbocycles. The van der Waals surface area contributed by atoms with Crippen molar-refractivity contribution in [1.82, 2.24) is 5.32 Å². The second-order valence-electron chi connectivity index (χ2n) is 6.79. The summed E-state index contributed by atoms with van der Waals surface area (Å²) in [6.07, 6.45) is 0. The first kappa shape index (κ1) is 16.4. The number of nitrogens with one attached hydrogen (secondary N) is 1. The van der Waals surface area contributed by atoms with Crippen LogP contribution in [0, 0.1) is 12.3 Å². The van der Waals surface area contributed by atoms with Crippen molar-refractivity contribution < 1.29 is 4.79 Å².